The van der Waals surface area contributed by atoms with E-state index in [0.29, 0.717) is 22.8 Å². The monoisotopic (exact) mass is 380 g/mol. The normalized spacial score (nSPS) is 19.1. The van der Waals surface area contributed by atoms with Crippen LogP contribution in [0.1, 0.15) is 48.2 Å². The summed E-state index contributed by atoms with van der Waals surface area (Å²) in [7, 11) is 1.54. The molecule has 1 aliphatic rings. The molecule has 0 spiro atoms. The SMILES string of the molecule is COc1ccc(C(=O)CN2C(=O)N[C@@](C)(c3ccc(C(C)C)cc3)C2=O)cc1. The highest BCUT2D eigenvalue weighted by Gasteiger charge is 2.49. The number of amides is 3. The zero-order valence-electron chi connectivity index (χ0n) is 16.5. The van der Waals surface area contributed by atoms with Crippen molar-refractivity contribution in [2.24, 2.45) is 0 Å². The Kier molecular flexibility index (Phi) is 5.23. The van der Waals surface area contributed by atoms with Gasteiger partial charge in [-0.1, -0.05) is 38.1 Å². The summed E-state index contributed by atoms with van der Waals surface area (Å²) in [6, 6.07) is 13.6. The number of urea groups is 1. The Morgan fingerprint density at radius 1 is 1.07 bits per heavy atom. The number of hydrogen-bond donors (Lipinski definition) is 1. The molecule has 2 aromatic carbocycles. The minimum atomic E-state index is -1.19. The van der Waals surface area contributed by atoms with Gasteiger partial charge >= 0.3 is 6.03 Å². The first-order valence-corrected chi connectivity index (χ1v) is 9.18. The summed E-state index contributed by atoms with van der Waals surface area (Å²) in [5.74, 6) is 0.250. The lowest BCUT2D eigenvalue weighted by molar-refractivity contribution is -0.130. The van der Waals surface area contributed by atoms with Gasteiger partial charge in [-0.2, -0.15) is 0 Å². The lowest BCUT2D eigenvalue weighted by Crippen LogP contribution is -2.41. The number of imide groups is 1. The molecule has 1 fully saturated rings. The summed E-state index contributed by atoms with van der Waals surface area (Å²) in [5.41, 5.74) is 1.06. The molecule has 0 aliphatic carbocycles. The average Bonchev–Trinajstić information content (AvgIpc) is 2.92. The lowest BCUT2D eigenvalue weighted by Gasteiger charge is -2.22. The first-order valence-electron chi connectivity index (χ1n) is 9.18. The summed E-state index contributed by atoms with van der Waals surface area (Å²) in [6.45, 7) is 5.53. The minimum absolute atomic E-state index is 0.309. The van der Waals surface area contributed by atoms with E-state index in [-0.39, 0.29) is 12.3 Å². The molecule has 146 valence electrons. The average molecular weight is 380 g/mol. The minimum Gasteiger partial charge on any atom is -0.497 e. The van der Waals surface area contributed by atoms with Crippen molar-refractivity contribution in [2.45, 2.75) is 32.2 Å². The van der Waals surface area contributed by atoms with Gasteiger partial charge in [0.05, 0.1) is 13.7 Å². The lowest BCUT2D eigenvalue weighted by atomic mass is 9.90. The highest BCUT2D eigenvalue weighted by molar-refractivity contribution is 6.11. The number of Topliss-reactive ketones (excluding diaryl/α,β-unsaturated/α-hetero) is 1. The van der Waals surface area contributed by atoms with Crippen LogP contribution in [-0.4, -0.2) is 36.3 Å². The number of methoxy groups -OCH3 is 1. The summed E-state index contributed by atoms with van der Waals surface area (Å²) < 4.78 is 5.08. The Labute approximate surface area is 164 Å². The molecule has 1 heterocycles. The van der Waals surface area contributed by atoms with E-state index in [0.717, 1.165) is 10.5 Å². The van der Waals surface area contributed by atoms with Gasteiger partial charge in [0, 0.05) is 5.56 Å². The number of ketones is 1. The molecule has 3 amide bonds. The molecule has 0 aromatic heterocycles. The van der Waals surface area contributed by atoms with Crippen LogP contribution >= 0.6 is 0 Å². The zero-order valence-corrected chi connectivity index (χ0v) is 16.5. The van der Waals surface area contributed by atoms with E-state index in [4.69, 9.17) is 4.74 Å². The van der Waals surface area contributed by atoms with Gasteiger partial charge in [0.1, 0.15) is 11.3 Å². The maximum atomic E-state index is 13.0. The van der Waals surface area contributed by atoms with E-state index >= 15 is 0 Å². The van der Waals surface area contributed by atoms with Crippen molar-refractivity contribution in [3.8, 4) is 5.75 Å². The number of nitrogens with one attached hydrogen (secondary N) is 1. The van der Waals surface area contributed by atoms with E-state index in [1.165, 1.54) is 0 Å². The van der Waals surface area contributed by atoms with Crippen molar-refractivity contribution in [3.63, 3.8) is 0 Å². The molecule has 1 aliphatic heterocycles. The third-order valence-electron chi connectivity index (χ3n) is 5.14. The summed E-state index contributed by atoms with van der Waals surface area (Å²) in [4.78, 5) is 39.0. The quantitative estimate of drug-likeness (QED) is 0.615. The van der Waals surface area contributed by atoms with Gasteiger partial charge in [0.25, 0.3) is 5.91 Å². The van der Waals surface area contributed by atoms with Crippen molar-refractivity contribution >= 4 is 17.7 Å². The maximum Gasteiger partial charge on any atom is 0.325 e. The molecule has 1 atom stereocenters. The number of carbonyl (C=O) groups excluding carboxylic acids is 3. The molecular weight excluding hydrogens is 356 g/mol. The van der Waals surface area contributed by atoms with Gasteiger partial charge in [-0.25, -0.2) is 4.79 Å². The maximum absolute atomic E-state index is 13.0. The molecule has 0 radical (unpaired) electrons. The van der Waals surface area contributed by atoms with Gasteiger partial charge in [-0.15, -0.1) is 0 Å². The highest BCUT2D eigenvalue weighted by Crippen LogP contribution is 2.30. The van der Waals surface area contributed by atoms with Crippen LogP contribution in [0.3, 0.4) is 0 Å². The van der Waals surface area contributed by atoms with Gasteiger partial charge in [-0.05, 0) is 48.2 Å². The predicted octanol–water partition coefficient (Wildman–Crippen LogP) is 3.47. The Bertz CT molecular complexity index is 903. The van der Waals surface area contributed by atoms with Gasteiger partial charge in [0.2, 0.25) is 0 Å². The van der Waals surface area contributed by atoms with Crippen LogP contribution in [0.25, 0.3) is 0 Å². The summed E-state index contributed by atoms with van der Waals surface area (Å²) in [6.07, 6.45) is 0. The van der Waals surface area contributed by atoms with Crippen molar-refractivity contribution in [2.75, 3.05) is 13.7 Å². The largest absolute Gasteiger partial charge is 0.497 e. The van der Waals surface area contributed by atoms with E-state index in [9.17, 15) is 14.4 Å². The smallest absolute Gasteiger partial charge is 0.325 e. The number of rotatable bonds is 6. The molecule has 28 heavy (non-hydrogen) atoms. The molecule has 1 saturated heterocycles. The van der Waals surface area contributed by atoms with Gasteiger partial charge < -0.3 is 10.1 Å². The fraction of sp³-hybridized carbons (Fsp3) is 0.318. The first kappa shape index (κ1) is 19.6. The fourth-order valence-electron chi connectivity index (χ4n) is 3.25. The van der Waals surface area contributed by atoms with Crippen LogP contribution in [0.2, 0.25) is 0 Å². The van der Waals surface area contributed by atoms with Crippen LogP contribution in [0.4, 0.5) is 4.79 Å². The second-order valence-electron chi connectivity index (χ2n) is 7.37. The fourth-order valence-corrected chi connectivity index (χ4v) is 3.25. The van der Waals surface area contributed by atoms with Crippen LogP contribution in [0.5, 0.6) is 5.75 Å². The zero-order chi connectivity index (χ0) is 20.5. The number of benzene rings is 2. The van der Waals surface area contributed by atoms with Crippen LogP contribution < -0.4 is 10.1 Å². The molecule has 3 rings (SSSR count). The Morgan fingerprint density at radius 2 is 1.68 bits per heavy atom. The van der Waals surface area contributed by atoms with Crippen molar-refractivity contribution in [1.29, 1.82) is 0 Å². The van der Waals surface area contributed by atoms with Crippen molar-refractivity contribution in [3.05, 3.63) is 65.2 Å². The van der Waals surface area contributed by atoms with Crippen LogP contribution in [0.15, 0.2) is 48.5 Å². The van der Waals surface area contributed by atoms with E-state index in [1.54, 1.807) is 38.3 Å². The summed E-state index contributed by atoms with van der Waals surface area (Å²) in [5, 5.41) is 2.74. The van der Waals surface area contributed by atoms with Crippen molar-refractivity contribution in [1.82, 2.24) is 10.2 Å². The standard InChI is InChI=1S/C22H24N2O4/c1-14(2)15-5-9-17(10-6-15)22(3)20(26)24(21(27)23-22)13-19(25)16-7-11-18(28-4)12-8-16/h5-12,14H,13H2,1-4H3,(H,23,27)/t22-/m0/s1. The number of carbonyl (C=O) groups is 3. The molecule has 0 unspecified atom stereocenters. The third kappa shape index (κ3) is 3.50. The topological polar surface area (TPSA) is 75.7 Å². The summed E-state index contributed by atoms with van der Waals surface area (Å²) >= 11 is 0. The molecule has 6 nitrogen and oxygen atoms in total. The van der Waals surface area contributed by atoms with E-state index in [2.05, 4.69) is 19.2 Å². The third-order valence-corrected chi connectivity index (χ3v) is 5.14. The Balaban J connectivity index is 1.79. The molecule has 6 heteroatoms. The number of nitrogens with zero attached hydrogens (tertiary/aromatic N) is 1. The van der Waals surface area contributed by atoms with E-state index in [1.807, 2.05) is 24.3 Å². The van der Waals surface area contributed by atoms with Crippen LogP contribution in [0, 0.1) is 0 Å². The van der Waals surface area contributed by atoms with Crippen molar-refractivity contribution < 1.29 is 19.1 Å². The molecular formula is C22H24N2O4. The number of hydrogen-bond acceptors (Lipinski definition) is 4. The highest BCUT2D eigenvalue weighted by atomic mass is 16.5. The van der Waals surface area contributed by atoms with Gasteiger partial charge in [0.15, 0.2) is 5.78 Å². The predicted molar refractivity (Wildman–Crippen MR) is 105 cm³/mol. The second-order valence-corrected chi connectivity index (χ2v) is 7.37. The second kappa shape index (κ2) is 7.46. The molecule has 0 saturated carbocycles. The van der Waals surface area contributed by atoms with Crippen LogP contribution in [-0.2, 0) is 10.3 Å². The van der Waals surface area contributed by atoms with E-state index < -0.39 is 17.5 Å². The number of ether oxygens (including phenoxy) is 1. The molecule has 2 aromatic rings. The molecule has 1 N–H and O–H groups in total. The molecule has 0 bridgehead atoms. The van der Waals surface area contributed by atoms with Gasteiger partial charge in [-0.3, -0.25) is 14.5 Å². The first-order chi connectivity index (χ1) is 13.3. The Morgan fingerprint density at radius 3 is 2.21 bits per heavy atom. The Hall–Kier alpha value is -3.15.